The third-order valence-corrected chi connectivity index (χ3v) is 4.12. The number of carbonyl (C=O) groups excluding carboxylic acids is 1. The number of aryl methyl sites for hydroxylation is 4. The van der Waals surface area contributed by atoms with Crippen LogP contribution in [0.2, 0.25) is 0 Å². The van der Waals surface area contributed by atoms with Gasteiger partial charge in [-0.1, -0.05) is 42.0 Å². The van der Waals surface area contributed by atoms with Crippen molar-refractivity contribution >= 4 is 22.4 Å². The molecule has 0 aliphatic rings. The van der Waals surface area contributed by atoms with Gasteiger partial charge in [-0.15, -0.1) is 10.2 Å². The lowest BCUT2D eigenvalue weighted by atomic mass is 10.0. The van der Waals surface area contributed by atoms with Gasteiger partial charge in [0.05, 0.1) is 0 Å². The summed E-state index contributed by atoms with van der Waals surface area (Å²) in [6.07, 6.45) is 2.05. The van der Waals surface area contributed by atoms with Crippen LogP contribution in [0.15, 0.2) is 18.2 Å². The molecule has 0 unspecified atom stereocenters. The molecule has 0 saturated heterocycles. The first kappa shape index (κ1) is 14.7. The molecule has 4 nitrogen and oxygen atoms in total. The number of amides is 1. The van der Waals surface area contributed by atoms with Gasteiger partial charge < -0.3 is 5.32 Å². The summed E-state index contributed by atoms with van der Waals surface area (Å²) in [5.74, 6) is -0.0104. The summed E-state index contributed by atoms with van der Waals surface area (Å²) >= 11 is 1.43. The molecule has 0 fully saturated rings. The Kier molecular flexibility index (Phi) is 4.84. The van der Waals surface area contributed by atoms with E-state index in [2.05, 4.69) is 47.6 Å². The average Bonchev–Trinajstić information content (AvgIpc) is 2.85. The highest BCUT2D eigenvalue weighted by atomic mass is 32.1. The van der Waals surface area contributed by atoms with E-state index in [9.17, 15) is 4.79 Å². The Bertz CT molecular complexity index is 607. The fourth-order valence-corrected chi connectivity index (χ4v) is 2.70. The van der Waals surface area contributed by atoms with Gasteiger partial charge in [0.15, 0.2) is 0 Å². The van der Waals surface area contributed by atoms with Gasteiger partial charge in [-0.3, -0.25) is 4.79 Å². The van der Waals surface area contributed by atoms with E-state index in [-0.39, 0.29) is 5.91 Å². The van der Waals surface area contributed by atoms with E-state index < -0.39 is 0 Å². The molecule has 0 saturated carbocycles. The summed E-state index contributed by atoms with van der Waals surface area (Å²) in [6.45, 7) is 6.18. The van der Waals surface area contributed by atoms with E-state index in [1.807, 2.05) is 6.92 Å². The minimum atomic E-state index is -0.0104. The quantitative estimate of drug-likeness (QED) is 0.919. The van der Waals surface area contributed by atoms with Gasteiger partial charge in [0.25, 0.3) is 0 Å². The van der Waals surface area contributed by atoms with Gasteiger partial charge in [-0.25, -0.2) is 0 Å². The van der Waals surface area contributed by atoms with Crippen LogP contribution in [0.25, 0.3) is 0 Å². The van der Waals surface area contributed by atoms with Crippen molar-refractivity contribution in [3.8, 4) is 0 Å². The fraction of sp³-hybridized carbons (Fsp3) is 0.400. The van der Waals surface area contributed by atoms with Crippen molar-refractivity contribution in [2.45, 2.75) is 40.0 Å². The van der Waals surface area contributed by atoms with Gasteiger partial charge in [-0.05, 0) is 37.8 Å². The smallest absolute Gasteiger partial charge is 0.226 e. The summed E-state index contributed by atoms with van der Waals surface area (Å²) in [7, 11) is 0. The Morgan fingerprint density at radius 1 is 1.30 bits per heavy atom. The zero-order valence-corrected chi connectivity index (χ0v) is 12.9. The summed E-state index contributed by atoms with van der Waals surface area (Å²) in [6, 6.07) is 6.32. The molecule has 2 rings (SSSR count). The number of hydrogen-bond donors (Lipinski definition) is 1. The minimum absolute atomic E-state index is 0.0104. The van der Waals surface area contributed by atoms with Gasteiger partial charge in [0.1, 0.15) is 5.01 Å². The molecule has 0 aliphatic heterocycles. The lowest BCUT2D eigenvalue weighted by molar-refractivity contribution is -0.116. The lowest BCUT2D eigenvalue weighted by Crippen LogP contribution is -2.12. The highest BCUT2D eigenvalue weighted by molar-refractivity contribution is 7.15. The molecule has 0 aliphatic carbocycles. The SMILES string of the molecule is CCc1nnc(NC(=O)CCc2ccc(C)cc2C)s1. The van der Waals surface area contributed by atoms with Crippen molar-refractivity contribution in [2.24, 2.45) is 0 Å². The Morgan fingerprint density at radius 3 is 2.75 bits per heavy atom. The van der Waals surface area contributed by atoms with Crippen molar-refractivity contribution in [1.82, 2.24) is 10.2 Å². The Hall–Kier alpha value is -1.75. The molecule has 1 amide bonds. The van der Waals surface area contributed by atoms with E-state index in [0.717, 1.165) is 17.8 Å². The van der Waals surface area contributed by atoms with E-state index in [4.69, 9.17) is 0 Å². The number of hydrogen-bond acceptors (Lipinski definition) is 4. The second kappa shape index (κ2) is 6.61. The van der Waals surface area contributed by atoms with Crippen LogP contribution >= 0.6 is 11.3 Å². The molecule has 106 valence electrons. The van der Waals surface area contributed by atoms with Gasteiger partial charge in [0, 0.05) is 6.42 Å². The van der Waals surface area contributed by atoms with Crippen LogP contribution in [0.5, 0.6) is 0 Å². The van der Waals surface area contributed by atoms with Crippen LogP contribution in [0.1, 0.15) is 35.0 Å². The first-order valence-electron chi connectivity index (χ1n) is 6.77. The number of nitrogens with zero attached hydrogens (tertiary/aromatic N) is 2. The maximum absolute atomic E-state index is 11.9. The highest BCUT2D eigenvalue weighted by Gasteiger charge is 2.08. The largest absolute Gasteiger partial charge is 0.301 e. The summed E-state index contributed by atoms with van der Waals surface area (Å²) < 4.78 is 0. The van der Waals surface area contributed by atoms with Crippen molar-refractivity contribution < 1.29 is 4.79 Å². The van der Waals surface area contributed by atoms with Gasteiger partial charge >= 0.3 is 0 Å². The average molecular weight is 289 g/mol. The van der Waals surface area contributed by atoms with Crippen LogP contribution < -0.4 is 5.32 Å². The molecule has 0 spiro atoms. The van der Waals surface area contributed by atoms with Crippen molar-refractivity contribution in [2.75, 3.05) is 5.32 Å². The van der Waals surface area contributed by atoms with Crippen LogP contribution in [-0.2, 0) is 17.6 Å². The fourth-order valence-electron chi connectivity index (χ4n) is 2.00. The minimum Gasteiger partial charge on any atom is -0.301 e. The third-order valence-electron chi connectivity index (χ3n) is 3.14. The van der Waals surface area contributed by atoms with Gasteiger partial charge in [-0.2, -0.15) is 0 Å². The van der Waals surface area contributed by atoms with Crippen molar-refractivity contribution in [1.29, 1.82) is 0 Å². The van der Waals surface area contributed by atoms with Crippen LogP contribution in [-0.4, -0.2) is 16.1 Å². The Balaban J connectivity index is 1.88. The predicted molar refractivity (Wildman–Crippen MR) is 82.2 cm³/mol. The van der Waals surface area contributed by atoms with Crippen LogP contribution in [0, 0.1) is 13.8 Å². The molecule has 0 bridgehead atoms. The molecular formula is C15H19N3OS. The van der Waals surface area contributed by atoms with E-state index in [1.165, 1.54) is 28.0 Å². The number of benzene rings is 1. The van der Waals surface area contributed by atoms with Gasteiger partial charge in [0.2, 0.25) is 11.0 Å². The summed E-state index contributed by atoms with van der Waals surface area (Å²) in [5, 5.41) is 12.3. The molecule has 0 radical (unpaired) electrons. The van der Waals surface area contributed by atoms with Crippen molar-refractivity contribution in [3.63, 3.8) is 0 Å². The molecule has 1 aromatic carbocycles. The third kappa shape index (κ3) is 3.87. The van der Waals surface area contributed by atoms with E-state index in [1.54, 1.807) is 0 Å². The normalized spacial score (nSPS) is 10.6. The number of aromatic nitrogens is 2. The Labute approximate surface area is 123 Å². The maximum atomic E-state index is 11.9. The number of anilines is 1. The zero-order chi connectivity index (χ0) is 14.5. The summed E-state index contributed by atoms with van der Waals surface area (Å²) in [5.41, 5.74) is 3.70. The second-order valence-electron chi connectivity index (χ2n) is 4.83. The molecule has 20 heavy (non-hydrogen) atoms. The van der Waals surface area contributed by atoms with Crippen molar-refractivity contribution in [3.05, 3.63) is 39.9 Å². The molecular weight excluding hydrogens is 270 g/mol. The topological polar surface area (TPSA) is 54.9 Å². The van der Waals surface area contributed by atoms with E-state index >= 15 is 0 Å². The first-order valence-corrected chi connectivity index (χ1v) is 7.58. The highest BCUT2D eigenvalue weighted by Crippen LogP contribution is 2.16. The first-order chi connectivity index (χ1) is 9.58. The predicted octanol–water partition coefficient (Wildman–Crippen LogP) is 3.29. The molecule has 1 aromatic heterocycles. The van der Waals surface area contributed by atoms with Crippen LogP contribution in [0.4, 0.5) is 5.13 Å². The monoisotopic (exact) mass is 289 g/mol. The molecule has 0 atom stereocenters. The molecule has 5 heteroatoms. The second-order valence-corrected chi connectivity index (χ2v) is 5.89. The Morgan fingerprint density at radius 2 is 2.10 bits per heavy atom. The zero-order valence-electron chi connectivity index (χ0n) is 12.1. The van der Waals surface area contributed by atoms with E-state index in [0.29, 0.717) is 11.6 Å². The molecule has 1 N–H and O–H groups in total. The molecule has 1 heterocycles. The standard InChI is InChI=1S/C15H19N3OS/c1-4-14-17-18-15(20-14)16-13(19)8-7-12-6-5-10(2)9-11(12)3/h5-6,9H,4,7-8H2,1-3H3,(H,16,18,19). The summed E-state index contributed by atoms with van der Waals surface area (Å²) in [4.78, 5) is 11.9. The molecule has 2 aromatic rings. The number of carbonyl (C=O) groups is 1. The lowest BCUT2D eigenvalue weighted by Gasteiger charge is -2.06. The number of rotatable bonds is 5. The van der Waals surface area contributed by atoms with Crippen LogP contribution in [0.3, 0.4) is 0 Å². The number of nitrogens with one attached hydrogen (secondary N) is 1. The maximum Gasteiger partial charge on any atom is 0.226 e.